The second-order valence-electron chi connectivity index (χ2n) is 4.97. The lowest BCUT2D eigenvalue weighted by Gasteiger charge is -2.26. The molecule has 0 unspecified atom stereocenters. The van der Waals surface area contributed by atoms with Gasteiger partial charge in [-0.3, -0.25) is 4.90 Å². The monoisotopic (exact) mass is 279 g/mol. The predicted molar refractivity (Wildman–Crippen MR) is 78.9 cm³/mol. The van der Waals surface area contributed by atoms with Crippen molar-refractivity contribution >= 4 is 5.95 Å². The summed E-state index contributed by atoms with van der Waals surface area (Å²) in [4.78, 5) is 6.96. The average Bonchev–Trinajstić information content (AvgIpc) is 2.52. The third-order valence-corrected chi connectivity index (χ3v) is 3.55. The van der Waals surface area contributed by atoms with Gasteiger partial charge in [0.1, 0.15) is 0 Å². The largest absolute Gasteiger partial charge is 0.379 e. The molecule has 20 heavy (non-hydrogen) atoms. The zero-order chi connectivity index (χ0) is 14.2. The summed E-state index contributed by atoms with van der Waals surface area (Å²) < 4.78 is 5.34. The van der Waals surface area contributed by atoms with Crippen molar-refractivity contribution < 1.29 is 4.74 Å². The zero-order valence-corrected chi connectivity index (χ0v) is 12.6. The van der Waals surface area contributed by atoms with Crippen LogP contribution in [0.1, 0.15) is 31.7 Å². The number of aryl methyl sites for hydroxylation is 2. The zero-order valence-electron chi connectivity index (χ0n) is 12.6. The summed E-state index contributed by atoms with van der Waals surface area (Å²) in [5, 5.41) is 11.6. The van der Waals surface area contributed by atoms with Crippen molar-refractivity contribution in [2.75, 3.05) is 44.7 Å². The van der Waals surface area contributed by atoms with Crippen molar-refractivity contribution in [2.45, 2.75) is 33.1 Å². The first-order valence-corrected chi connectivity index (χ1v) is 7.60. The summed E-state index contributed by atoms with van der Waals surface area (Å²) in [5.41, 5.74) is 2.06. The van der Waals surface area contributed by atoms with Gasteiger partial charge in [-0.15, -0.1) is 5.10 Å². The van der Waals surface area contributed by atoms with Crippen LogP contribution in [0, 0.1) is 0 Å². The molecule has 0 amide bonds. The minimum Gasteiger partial charge on any atom is -0.379 e. The SMILES string of the molecule is CCc1nnc(NCCCN2CCOCC2)nc1CC. The molecular formula is C14H25N5O. The molecule has 1 aromatic heterocycles. The number of hydrogen-bond donors (Lipinski definition) is 1. The number of aromatic nitrogens is 3. The van der Waals surface area contributed by atoms with E-state index in [0.29, 0.717) is 5.95 Å². The summed E-state index contributed by atoms with van der Waals surface area (Å²) in [6.45, 7) is 9.97. The van der Waals surface area contributed by atoms with Crippen LogP contribution in [0.5, 0.6) is 0 Å². The predicted octanol–water partition coefficient (Wildman–Crippen LogP) is 1.13. The Kier molecular flexibility index (Phi) is 6.14. The normalized spacial score (nSPS) is 16.3. The Hall–Kier alpha value is -1.27. The molecule has 0 saturated carbocycles. The third-order valence-electron chi connectivity index (χ3n) is 3.55. The first kappa shape index (κ1) is 15.1. The van der Waals surface area contributed by atoms with Crippen LogP contribution in [0.25, 0.3) is 0 Å². The highest BCUT2D eigenvalue weighted by Gasteiger charge is 2.09. The number of hydrogen-bond acceptors (Lipinski definition) is 6. The quantitative estimate of drug-likeness (QED) is 0.755. The van der Waals surface area contributed by atoms with Crippen LogP contribution in [0.3, 0.4) is 0 Å². The van der Waals surface area contributed by atoms with Crippen molar-refractivity contribution in [1.82, 2.24) is 20.1 Å². The molecule has 0 radical (unpaired) electrons. The standard InChI is InChI=1S/C14H25N5O/c1-3-12-13(4-2)17-18-14(16-12)15-6-5-7-19-8-10-20-11-9-19/h3-11H2,1-2H3,(H,15,16,18). The van der Waals surface area contributed by atoms with E-state index in [1.54, 1.807) is 0 Å². The molecule has 0 aromatic carbocycles. The Morgan fingerprint density at radius 2 is 1.85 bits per heavy atom. The number of nitrogens with zero attached hydrogens (tertiary/aromatic N) is 4. The molecule has 1 aliphatic heterocycles. The molecule has 0 atom stereocenters. The Morgan fingerprint density at radius 1 is 1.10 bits per heavy atom. The molecule has 0 spiro atoms. The van der Waals surface area contributed by atoms with Crippen molar-refractivity contribution in [3.63, 3.8) is 0 Å². The van der Waals surface area contributed by atoms with E-state index in [1.807, 2.05) is 0 Å². The van der Waals surface area contributed by atoms with Gasteiger partial charge in [0.2, 0.25) is 5.95 Å². The summed E-state index contributed by atoms with van der Waals surface area (Å²) in [7, 11) is 0. The van der Waals surface area contributed by atoms with Crippen LogP contribution in [-0.2, 0) is 17.6 Å². The molecule has 1 aromatic rings. The van der Waals surface area contributed by atoms with E-state index < -0.39 is 0 Å². The molecular weight excluding hydrogens is 254 g/mol. The van der Waals surface area contributed by atoms with Gasteiger partial charge >= 0.3 is 0 Å². The second-order valence-corrected chi connectivity index (χ2v) is 4.97. The summed E-state index contributed by atoms with van der Waals surface area (Å²) in [5.74, 6) is 0.654. The molecule has 6 heteroatoms. The molecule has 112 valence electrons. The Bertz CT molecular complexity index is 407. The van der Waals surface area contributed by atoms with Gasteiger partial charge in [0, 0.05) is 19.6 Å². The van der Waals surface area contributed by atoms with Gasteiger partial charge in [-0.2, -0.15) is 5.10 Å². The average molecular weight is 279 g/mol. The molecule has 6 nitrogen and oxygen atoms in total. The van der Waals surface area contributed by atoms with Gasteiger partial charge in [-0.05, 0) is 25.8 Å². The number of rotatable bonds is 7. The lowest BCUT2D eigenvalue weighted by molar-refractivity contribution is 0.0378. The first-order chi connectivity index (χ1) is 9.83. The van der Waals surface area contributed by atoms with Crippen molar-refractivity contribution in [2.24, 2.45) is 0 Å². The second kappa shape index (κ2) is 8.11. The Morgan fingerprint density at radius 3 is 2.55 bits per heavy atom. The van der Waals surface area contributed by atoms with E-state index in [4.69, 9.17) is 4.74 Å². The lowest BCUT2D eigenvalue weighted by atomic mass is 10.2. The fourth-order valence-electron chi connectivity index (χ4n) is 2.34. The fourth-order valence-corrected chi connectivity index (χ4v) is 2.34. The smallest absolute Gasteiger partial charge is 0.242 e. The highest BCUT2D eigenvalue weighted by atomic mass is 16.5. The van der Waals surface area contributed by atoms with E-state index in [0.717, 1.165) is 70.0 Å². The summed E-state index contributed by atoms with van der Waals surface area (Å²) in [6, 6.07) is 0. The minimum absolute atomic E-state index is 0.654. The summed E-state index contributed by atoms with van der Waals surface area (Å²) >= 11 is 0. The maximum atomic E-state index is 5.34. The van der Waals surface area contributed by atoms with E-state index in [-0.39, 0.29) is 0 Å². The van der Waals surface area contributed by atoms with Crippen molar-refractivity contribution in [1.29, 1.82) is 0 Å². The number of nitrogens with one attached hydrogen (secondary N) is 1. The molecule has 0 aliphatic carbocycles. The van der Waals surface area contributed by atoms with Crippen LogP contribution in [0.15, 0.2) is 0 Å². The van der Waals surface area contributed by atoms with E-state index in [9.17, 15) is 0 Å². The highest BCUT2D eigenvalue weighted by molar-refractivity contribution is 5.25. The minimum atomic E-state index is 0.654. The molecule has 0 bridgehead atoms. The molecule has 1 fully saturated rings. The van der Waals surface area contributed by atoms with Gasteiger partial charge in [0.15, 0.2) is 0 Å². The van der Waals surface area contributed by atoms with E-state index >= 15 is 0 Å². The molecule has 1 N–H and O–H groups in total. The van der Waals surface area contributed by atoms with Gasteiger partial charge in [-0.1, -0.05) is 13.8 Å². The maximum Gasteiger partial charge on any atom is 0.242 e. The molecule has 1 aliphatic rings. The van der Waals surface area contributed by atoms with Crippen LogP contribution in [0.2, 0.25) is 0 Å². The van der Waals surface area contributed by atoms with Crippen LogP contribution < -0.4 is 5.32 Å². The molecule has 2 rings (SSSR count). The van der Waals surface area contributed by atoms with Gasteiger partial charge in [0.25, 0.3) is 0 Å². The molecule has 1 saturated heterocycles. The highest BCUT2D eigenvalue weighted by Crippen LogP contribution is 2.07. The number of anilines is 1. The lowest BCUT2D eigenvalue weighted by Crippen LogP contribution is -2.37. The third kappa shape index (κ3) is 4.38. The Balaban J connectivity index is 1.73. The molecule has 2 heterocycles. The van der Waals surface area contributed by atoms with Gasteiger partial charge in [-0.25, -0.2) is 4.98 Å². The van der Waals surface area contributed by atoms with Gasteiger partial charge in [0.05, 0.1) is 24.6 Å². The maximum absolute atomic E-state index is 5.34. The van der Waals surface area contributed by atoms with Gasteiger partial charge < -0.3 is 10.1 Å². The van der Waals surface area contributed by atoms with Crippen molar-refractivity contribution in [3.8, 4) is 0 Å². The van der Waals surface area contributed by atoms with E-state index in [1.165, 1.54) is 0 Å². The fraction of sp³-hybridized carbons (Fsp3) is 0.786. The van der Waals surface area contributed by atoms with Crippen LogP contribution in [-0.4, -0.2) is 59.5 Å². The first-order valence-electron chi connectivity index (χ1n) is 7.60. The van der Waals surface area contributed by atoms with Crippen LogP contribution in [0.4, 0.5) is 5.95 Å². The Labute approximate surface area is 120 Å². The number of ether oxygens (including phenoxy) is 1. The van der Waals surface area contributed by atoms with Crippen LogP contribution >= 0.6 is 0 Å². The summed E-state index contributed by atoms with van der Waals surface area (Å²) in [6.07, 6.45) is 2.88. The topological polar surface area (TPSA) is 63.2 Å². The van der Waals surface area contributed by atoms with Crippen molar-refractivity contribution in [3.05, 3.63) is 11.4 Å². The van der Waals surface area contributed by atoms with E-state index in [2.05, 4.69) is 39.2 Å². The number of morpholine rings is 1.